The summed E-state index contributed by atoms with van der Waals surface area (Å²) in [6, 6.07) is 0. The van der Waals surface area contributed by atoms with Crippen LogP contribution in [0.3, 0.4) is 0 Å². The minimum Gasteiger partial charge on any atom is -0.209 e. The number of alkyl halides is 2. The molecule has 9 heavy (non-hydrogen) atoms. The maximum Gasteiger partial charge on any atom is 0.266 e. The van der Waals surface area contributed by atoms with Crippen LogP contribution in [-0.2, 0) is 9.05 Å². The Morgan fingerprint density at radius 1 is 1.44 bits per heavy atom. The van der Waals surface area contributed by atoms with E-state index in [0.717, 1.165) is 0 Å². The van der Waals surface area contributed by atoms with Crippen molar-refractivity contribution in [2.24, 2.45) is 0 Å². The van der Waals surface area contributed by atoms with E-state index in [9.17, 15) is 8.42 Å². The minimum atomic E-state index is -3.85. The molecule has 0 rings (SSSR count). The Hall–Kier alpha value is 0.820. The third-order valence-electron chi connectivity index (χ3n) is 0.768. The van der Waals surface area contributed by atoms with Gasteiger partial charge in [0.05, 0.1) is 0 Å². The van der Waals surface area contributed by atoms with Gasteiger partial charge in [-0.1, -0.05) is 30.1 Å². The van der Waals surface area contributed by atoms with Crippen molar-refractivity contribution in [2.75, 3.05) is 0 Å². The molecule has 2 nitrogen and oxygen atoms in total. The molecule has 0 saturated carbocycles. The van der Waals surface area contributed by atoms with Crippen LogP contribution in [0.1, 0.15) is 13.3 Å². The third-order valence-corrected chi connectivity index (χ3v) is 4.79. The summed E-state index contributed by atoms with van der Waals surface area (Å²) in [5.41, 5.74) is 0. The maximum absolute atomic E-state index is 10.4. The topological polar surface area (TPSA) is 34.1 Å². The zero-order valence-corrected chi connectivity index (χ0v) is 7.65. The summed E-state index contributed by atoms with van der Waals surface area (Å²) < 4.78 is 18.9. The van der Waals surface area contributed by atoms with E-state index in [1.807, 2.05) is 0 Å². The summed E-state index contributed by atoms with van der Waals surface area (Å²) >= 11 is 10.5. The molecule has 0 bridgehead atoms. The molecule has 0 aromatic heterocycles. The van der Waals surface area contributed by atoms with Crippen LogP contribution in [0.25, 0.3) is 0 Å². The average Bonchev–Trinajstić information content (AvgIpc) is 1.64. The molecule has 0 fully saturated rings. The van der Waals surface area contributed by atoms with Crippen LogP contribution in [0.15, 0.2) is 0 Å². The molecular formula is C3H5Cl3O2S. The van der Waals surface area contributed by atoms with Gasteiger partial charge >= 0.3 is 0 Å². The second kappa shape index (κ2) is 2.82. The Labute approximate surface area is 68.5 Å². The van der Waals surface area contributed by atoms with Gasteiger partial charge < -0.3 is 0 Å². The molecule has 6 heteroatoms. The predicted octanol–water partition coefficient (Wildman–Crippen LogP) is 2.10. The first-order chi connectivity index (χ1) is 3.81. The maximum atomic E-state index is 10.4. The lowest BCUT2D eigenvalue weighted by molar-refractivity contribution is 0.600. The summed E-state index contributed by atoms with van der Waals surface area (Å²) in [4.78, 5) is 0. The molecule has 0 atom stereocenters. The van der Waals surface area contributed by atoms with Crippen LogP contribution < -0.4 is 0 Å². The molecule has 0 unspecified atom stereocenters. The molecule has 0 heterocycles. The zero-order valence-electron chi connectivity index (χ0n) is 4.57. The fourth-order valence-electron chi connectivity index (χ4n) is 0.172. The SMILES string of the molecule is CCC(Cl)(Cl)S(=O)(=O)Cl. The van der Waals surface area contributed by atoms with E-state index in [2.05, 4.69) is 0 Å². The van der Waals surface area contributed by atoms with E-state index in [1.54, 1.807) is 0 Å². The van der Waals surface area contributed by atoms with E-state index in [4.69, 9.17) is 33.9 Å². The summed E-state index contributed by atoms with van der Waals surface area (Å²) in [6.45, 7) is 1.53. The monoisotopic (exact) mass is 210 g/mol. The highest BCUT2D eigenvalue weighted by Crippen LogP contribution is 2.34. The quantitative estimate of drug-likeness (QED) is 0.518. The lowest BCUT2D eigenvalue weighted by atomic mass is 10.6. The second-order valence-electron chi connectivity index (χ2n) is 1.43. The first kappa shape index (κ1) is 9.82. The molecule has 0 radical (unpaired) electrons. The highest BCUT2D eigenvalue weighted by atomic mass is 35.7. The van der Waals surface area contributed by atoms with Crippen molar-refractivity contribution in [1.82, 2.24) is 0 Å². The molecule has 0 aliphatic heterocycles. The van der Waals surface area contributed by atoms with Crippen LogP contribution >= 0.6 is 33.9 Å². The fourth-order valence-corrected chi connectivity index (χ4v) is 0.845. The predicted molar refractivity (Wildman–Crippen MR) is 39.5 cm³/mol. The van der Waals surface area contributed by atoms with Crippen molar-refractivity contribution in [2.45, 2.75) is 17.0 Å². The fraction of sp³-hybridized carbons (Fsp3) is 1.00. The highest BCUT2D eigenvalue weighted by molar-refractivity contribution is 8.16. The van der Waals surface area contributed by atoms with Crippen LogP contribution in [0.4, 0.5) is 0 Å². The van der Waals surface area contributed by atoms with Crippen LogP contribution in [0.5, 0.6) is 0 Å². The number of hydrogen-bond donors (Lipinski definition) is 0. The van der Waals surface area contributed by atoms with E-state index < -0.39 is 12.7 Å². The zero-order chi connectivity index (χ0) is 7.71. The van der Waals surface area contributed by atoms with E-state index >= 15 is 0 Å². The van der Waals surface area contributed by atoms with Gasteiger partial charge in [-0.15, -0.1) is 0 Å². The van der Waals surface area contributed by atoms with Crippen molar-refractivity contribution in [3.05, 3.63) is 0 Å². The number of halogens is 3. The van der Waals surface area contributed by atoms with Crippen LogP contribution in [0.2, 0.25) is 0 Å². The van der Waals surface area contributed by atoms with E-state index in [1.165, 1.54) is 6.92 Å². The van der Waals surface area contributed by atoms with Gasteiger partial charge in [-0.2, -0.15) is 0 Å². The molecule has 0 aromatic carbocycles. The molecule has 0 spiro atoms. The molecule has 0 aliphatic carbocycles. The van der Waals surface area contributed by atoms with Gasteiger partial charge in [0.2, 0.25) is 3.67 Å². The number of rotatable bonds is 2. The van der Waals surface area contributed by atoms with Crippen molar-refractivity contribution in [3.63, 3.8) is 0 Å². The first-order valence-electron chi connectivity index (χ1n) is 2.13. The van der Waals surface area contributed by atoms with Gasteiger partial charge in [-0.05, 0) is 6.42 Å². The summed E-state index contributed by atoms with van der Waals surface area (Å²) in [5, 5.41) is 0. The summed E-state index contributed by atoms with van der Waals surface area (Å²) in [6.07, 6.45) is 0.0714. The molecule has 0 saturated heterocycles. The highest BCUT2D eigenvalue weighted by Gasteiger charge is 2.36. The molecule has 0 aromatic rings. The van der Waals surface area contributed by atoms with Gasteiger partial charge in [0.15, 0.2) is 0 Å². The van der Waals surface area contributed by atoms with Crippen molar-refractivity contribution >= 4 is 42.9 Å². The number of hydrogen-bond acceptors (Lipinski definition) is 2. The Kier molecular flexibility index (Phi) is 3.08. The van der Waals surface area contributed by atoms with Crippen LogP contribution in [0, 0.1) is 0 Å². The van der Waals surface area contributed by atoms with Gasteiger partial charge in [0.25, 0.3) is 9.05 Å². The summed E-state index contributed by atoms with van der Waals surface area (Å²) in [5.74, 6) is 0. The minimum absolute atomic E-state index is 0.0714. The van der Waals surface area contributed by atoms with Gasteiger partial charge in [-0.3, -0.25) is 0 Å². The Balaban J connectivity index is 4.56. The average molecular weight is 211 g/mol. The van der Waals surface area contributed by atoms with Gasteiger partial charge in [0.1, 0.15) is 0 Å². The van der Waals surface area contributed by atoms with Crippen LogP contribution in [-0.4, -0.2) is 12.1 Å². The third kappa shape index (κ3) is 2.50. The van der Waals surface area contributed by atoms with Gasteiger partial charge in [-0.25, -0.2) is 8.42 Å². The normalized spacial score (nSPS) is 13.8. The standard InChI is InChI=1S/C3H5Cl3O2S/c1-2-3(4,5)9(6,7)8/h2H2,1H3. The molecule has 0 aliphatic rings. The Bertz CT molecular complexity index is 183. The second-order valence-corrected chi connectivity index (χ2v) is 6.15. The Morgan fingerprint density at radius 3 is 1.78 bits per heavy atom. The molecule has 56 valence electrons. The van der Waals surface area contributed by atoms with Crippen molar-refractivity contribution in [1.29, 1.82) is 0 Å². The van der Waals surface area contributed by atoms with Crippen molar-refractivity contribution < 1.29 is 8.42 Å². The van der Waals surface area contributed by atoms with Crippen molar-refractivity contribution in [3.8, 4) is 0 Å². The first-order valence-corrected chi connectivity index (χ1v) is 5.20. The smallest absolute Gasteiger partial charge is 0.209 e. The molecule has 0 N–H and O–H groups in total. The Morgan fingerprint density at radius 2 is 1.78 bits per heavy atom. The van der Waals surface area contributed by atoms with Gasteiger partial charge in [0, 0.05) is 10.7 Å². The van der Waals surface area contributed by atoms with E-state index in [0.29, 0.717) is 0 Å². The molecule has 0 amide bonds. The molecular weight excluding hydrogens is 206 g/mol. The summed E-state index contributed by atoms with van der Waals surface area (Å²) in [7, 11) is 0.984. The largest absolute Gasteiger partial charge is 0.266 e. The lowest BCUT2D eigenvalue weighted by Crippen LogP contribution is -2.19. The van der Waals surface area contributed by atoms with E-state index in [-0.39, 0.29) is 6.42 Å². The lowest BCUT2D eigenvalue weighted by Gasteiger charge is -2.10.